The van der Waals surface area contributed by atoms with E-state index in [-0.39, 0.29) is 0 Å². The van der Waals surface area contributed by atoms with Crippen LogP contribution in [0.3, 0.4) is 0 Å². The van der Waals surface area contributed by atoms with Crippen molar-refractivity contribution in [2.75, 3.05) is 0 Å². The van der Waals surface area contributed by atoms with Gasteiger partial charge in [0.05, 0.1) is 6.07 Å². The Morgan fingerprint density at radius 3 is 2.78 bits per heavy atom. The number of nitrogens with zero attached hydrogens (tertiary/aromatic N) is 4. The van der Waals surface area contributed by atoms with Crippen LogP contribution in [0.15, 0.2) is 47.5 Å². The van der Waals surface area contributed by atoms with Crippen LogP contribution in [-0.2, 0) is 0 Å². The normalized spacial score (nSPS) is 12.2. The summed E-state index contributed by atoms with van der Waals surface area (Å²) >= 11 is 0. The van der Waals surface area contributed by atoms with Gasteiger partial charge in [-0.15, -0.1) is 0 Å². The minimum absolute atomic E-state index is 0.485. The fraction of sp³-hybridized carbons (Fsp3) is 0.0769. The molecule has 0 spiro atoms. The lowest BCUT2D eigenvalue weighted by Crippen LogP contribution is -2.03. The first-order chi connectivity index (χ1) is 8.88. The van der Waals surface area contributed by atoms with E-state index >= 15 is 0 Å². The Labute approximate surface area is 103 Å². The molecule has 0 N–H and O–H groups in total. The maximum absolute atomic E-state index is 9.28. The van der Waals surface area contributed by atoms with Gasteiger partial charge in [0.1, 0.15) is 17.3 Å². The van der Waals surface area contributed by atoms with Gasteiger partial charge < -0.3 is 4.42 Å². The van der Waals surface area contributed by atoms with Crippen molar-refractivity contribution in [3.05, 3.63) is 54.4 Å². The molecular weight excluding hydrogens is 228 g/mol. The molecule has 0 fully saturated rings. The number of fused-ring (bicyclic) bond motifs is 1. The Morgan fingerprint density at radius 2 is 2.00 bits per heavy atom. The summed E-state index contributed by atoms with van der Waals surface area (Å²) in [6, 6.07) is 9.39. The maximum Gasteiger partial charge on any atom is 0.181 e. The third kappa shape index (κ3) is 1.70. The van der Waals surface area contributed by atoms with Gasteiger partial charge in [-0.3, -0.25) is 0 Å². The summed E-state index contributed by atoms with van der Waals surface area (Å²) < 4.78 is 5.23. The Morgan fingerprint density at radius 1 is 1.17 bits per heavy atom. The zero-order chi connectivity index (χ0) is 12.4. The molecule has 86 valence electrons. The number of rotatable bonds is 2. The van der Waals surface area contributed by atoms with Gasteiger partial charge in [-0.05, 0) is 23.8 Å². The van der Waals surface area contributed by atoms with E-state index in [9.17, 15) is 5.26 Å². The Balaban J connectivity index is 2.09. The average Bonchev–Trinajstić information content (AvgIpc) is 2.88. The van der Waals surface area contributed by atoms with E-state index in [1.54, 1.807) is 24.5 Å². The molecule has 0 aliphatic rings. The van der Waals surface area contributed by atoms with Crippen LogP contribution >= 0.6 is 0 Å². The molecule has 3 aromatic rings. The summed E-state index contributed by atoms with van der Waals surface area (Å²) in [5.41, 5.74) is 2.22. The van der Waals surface area contributed by atoms with Crippen LogP contribution in [0.4, 0.5) is 0 Å². The molecule has 5 heteroatoms. The van der Waals surface area contributed by atoms with Gasteiger partial charge in [-0.2, -0.15) is 5.26 Å². The van der Waals surface area contributed by atoms with Crippen LogP contribution in [0.5, 0.6) is 0 Å². The predicted octanol–water partition coefficient (Wildman–Crippen LogP) is 2.27. The van der Waals surface area contributed by atoms with Crippen LogP contribution in [-0.4, -0.2) is 15.0 Å². The van der Waals surface area contributed by atoms with Crippen LogP contribution in [0.25, 0.3) is 11.1 Å². The highest BCUT2D eigenvalue weighted by Crippen LogP contribution is 2.24. The summed E-state index contributed by atoms with van der Waals surface area (Å²) in [7, 11) is 0. The Hall–Kier alpha value is -2.74. The first-order valence-electron chi connectivity index (χ1n) is 5.38. The second-order valence-electron chi connectivity index (χ2n) is 3.75. The molecule has 0 bridgehead atoms. The number of hydrogen-bond acceptors (Lipinski definition) is 5. The van der Waals surface area contributed by atoms with Crippen molar-refractivity contribution in [3.8, 4) is 6.07 Å². The molecule has 18 heavy (non-hydrogen) atoms. The number of hydrogen-bond donors (Lipinski definition) is 0. The van der Waals surface area contributed by atoms with E-state index in [2.05, 4.69) is 21.0 Å². The second-order valence-corrected chi connectivity index (χ2v) is 3.75. The summed E-state index contributed by atoms with van der Waals surface area (Å²) in [6.45, 7) is 0. The van der Waals surface area contributed by atoms with Crippen LogP contribution in [0.2, 0.25) is 0 Å². The van der Waals surface area contributed by atoms with Crippen molar-refractivity contribution >= 4 is 11.1 Å². The summed E-state index contributed by atoms with van der Waals surface area (Å²) in [6.07, 6.45) is 4.63. The van der Waals surface area contributed by atoms with Crippen molar-refractivity contribution in [1.29, 1.82) is 5.26 Å². The monoisotopic (exact) mass is 236 g/mol. The molecule has 1 aromatic carbocycles. The maximum atomic E-state index is 9.28. The SMILES string of the molecule is N#CC(c1ccc2ncoc2c1)c1ncccn1. The molecule has 0 saturated carbocycles. The standard InChI is InChI=1S/C13H8N4O/c14-7-10(13-15-4-1-5-16-13)9-2-3-11-12(6-9)18-8-17-11/h1-6,8,10H. The van der Waals surface area contributed by atoms with E-state index in [4.69, 9.17) is 4.42 Å². The van der Waals surface area contributed by atoms with Gasteiger partial charge in [-0.1, -0.05) is 6.07 Å². The second kappa shape index (κ2) is 4.26. The first-order valence-corrected chi connectivity index (χ1v) is 5.38. The minimum Gasteiger partial charge on any atom is -0.443 e. The molecule has 5 nitrogen and oxygen atoms in total. The van der Waals surface area contributed by atoms with E-state index in [0.717, 1.165) is 11.1 Å². The van der Waals surface area contributed by atoms with Gasteiger partial charge in [-0.25, -0.2) is 15.0 Å². The molecular formula is C13H8N4O. The molecule has 0 aliphatic heterocycles. The van der Waals surface area contributed by atoms with E-state index < -0.39 is 5.92 Å². The number of aromatic nitrogens is 3. The molecule has 3 rings (SSSR count). The highest BCUT2D eigenvalue weighted by atomic mass is 16.3. The molecule has 0 amide bonds. The van der Waals surface area contributed by atoms with Crippen LogP contribution < -0.4 is 0 Å². The van der Waals surface area contributed by atoms with E-state index in [0.29, 0.717) is 11.4 Å². The smallest absolute Gasteiger partial charge is 0.181 e. The predicted molar refractivity (Wildman–Crippen MR) is 63.5 cm³/mol. The fourth-order valence-corrected chi connectivity index (χ4v) is 1.79. The Bertz CT molecular complexity index is 714. The van der Waals surface area contributed by atoms with Gasteiger partial charge in [0, 0.05) is 12.4 Å². The van der Waals surface area contributed by atoms with E-state index in [1.165, 1.54) is 6.39 Å². The molecule has 1 unspecified atom stereocenters. The molecule has 1 atom stereocenters. The summed E-state index contributed by atoms with van der Waals surface area (Å²) in [5.74, 6) is -0.0143. The number of benzene rings is 1. The summed E-state index contributed by atoms with van der Waals surface area (Å²) in [4.78, 5) is 12.3. The third-order valence-corrected chi connectivity index (χ3v) is 2.66. The molecule has 0 radical (unpaired) electrons. The molecule has 2 heterocycles. The van der Waals surface area contributed by atoms with Crippen molar-refractivity contribution in [2.24, 2.45) is 0 Å². The number of oxazole rings is 1. The fourth-order valence-electron chi connectivity index (χ4n) is 1.79. The molecule has 2 aromatic heterocycles. The minimum atomic E-state index is -0.499. The molecule has 0 aliphatic carbocycles. The van der Waals surface area contributed by atoms with Crippen molar-refractivity contribution in [2.45, 2.75) is 5.92 Å². The van der Waals surface area contributed by atoms with Crippen molar-refractivity contribution in [3.63, 3.8) is 0 Å². The zero-order valence-corrected chi connectivity index (χ0v) is 9.32. The zero-order valence-electron chi connectivity index (χ0n) is 9.32. The van der Waals surface area contributed by atoms with Crippen molar-refractivity contribution < 1.29 is 4.42 Å². The lowest BCUT2D eigenvalue weighted by Gasteiger charge is -2.06. The lowest BCUT2D eigenvalue weighted by atomic mass is 9.99. The number of nitriles is 1. The average molecular weight is 236 g/mol. The third-order valence-electron chi connectivity index (χ3n) is 2.66. The lowest BCUT2D eigenvalue weighted by molar-refractivity contribution is 0.601. The highest BCUT2D eigenvalue weighted by Gasteiger charge is 2.17. The first kappa shape index (κ1) is 10.4. The van der Waals surface area contributed by atoms with E-state index in [1.807, 2.05) is 12.1 Å². The van der Waals surface area contributed by atoms with Gasteiger partial charge in [0.15, 0.2) is 12.0 Å². The highest BCUT2D eigenvalue weighted by molar-refractivity contribution is 5.73. The van der Waals surface area contributed by atoms with Crippen LogP contribution in [0, 0.1) is 11.3 Å². The quantitative estimate of drug-likeness (QED) is 0.682. The van der Waals surface area contributed by atoms with Gasteiger partial charge >= 0.3 is 0 Å². The molecule has 0 saturated heterocycles. The van der Waals surface area contributed by atoms with Gasteiger partial charge in [0.25, 0.3) is 0 Å². The Kier molecular flexibility index (Phi) is 2.47. The van der Waals surface area contributed by atoms with Crippen molar-refractivity contribution in [1.82, 2.24) is 15.0 Å². The largest absolute Gasteiger partial charge is 0.443 e. The summed E-state index contributed by atoms with van der Waals surface area (Å²) in [5, 5.41) is 9.28. The van der Waals surface area contributed by atoms with Gasteiger partial charge in [0.2, 0.25) is 0 Å². The topological polar surface area (TPSA) is 75.6 Å². The van der Waals surface area contributed by atoms with Crippen LogP contribution in [0.1, 0.15) is 17.3 Å².